The Bertz CT molecular complexity index is 1090. The summed E-state index contributed by atoms with van der Waals surface area (Å²) in [5.41, 5.74) is 3.39. The summed E-state index contributed by atoms with van der Waals surface area (Å²) in [5, 5.41) is 3.53. The molecule has 7 heteroatoms. The van der Waals surface area contributed by atoms with Gasteiger partial charge in [-0.3, -0.25) is 14.2 Å². The number of nitrogens with zero attached hydrogens (tertiary/aromatic N) is 2. The van der Waals surface area contributed by atoms with Crippen LogP contribution in [0.1, 0.15) is 39.2 Å². The van der Waals surface area contributed by atoms with E-state index in [2.05, 4.69) is 10.3 Å². The molecule has 0 spiro atoms. The van der Waals surface area contributed by atoms with Crippen LogP contribution in [0.15, 0.2) is 29.3 Å². The second-order valence-corrected chi connectivity index (χ2v) is 8.29. The zero-order valence-corrected chi connectivity index (χ0v) is 17.1. The maximum absolute atomic E-state index is 13.0. The molecular formula is C21H23N3O3S. The largest absolute Gasteiger partial charge is 0.376 e. The molecule has 3 heterocycles. The lowest BCUT2D eigenvalue weighted by molar-refractivity contribution is 0.0960. The number of fused-ring (bicyclic) bond motifs is 1. The molecule has 28 heavy (non-hydrogen) atoms. The highest BCUT2D eigenvalue weighted by atomic mass is 32.1. The van der Waals surface area contributed by atoms with Crippen molar-refractivity contribution >= 4 is 33.1 Å². The van der Waals surface area contributed by atoms with Gasteiger partial charge in [-0.2, -0.15) is 0 Å². The molecule has 0 unspecified atom stereocenters. The molecule has 1 aliphatic rings. The number of hydrogen-bond donors (Lipinski definition) is 1. The van der Waals surface area contributed by atoms with Gasteiger partial charge in [-0.25, -0.2) is 4.98 Å². The van der Waals surface area contributed by atoms with Crippen molar-refractivity contribution in [3.8, 4) is 0 Å². The standard InChI is InChI=1S/C21H23N3O3S/c1-12-6-4-7-13(2)17(12)23-19(25)18-14(3)16-20(28-18)22-11-24(21(16)26)10-15-8-5-9-27-15/h4,6-7,11,15H,5,8-10H2,1-3H3,(H,23,25)/t15-/m0/s1. The summed E-state index contributed by atoms with van der Waals surface area (Å²) in [7, 11) is 0. The summed E-state index contributed by atoms with van der Waals surface area (Å²) in [6, 6.07) is 5.89. The molecule has 4 rings (SSSR count). The number of benzene rings is 1. The molecule has 3 aromatic rings. The first-order valence-corrected chi connectivity index (χ1v) is 10.2. The third-order valence-corrected chi connectivity index (χ3v) is 6.47. The summed E-state index contributed by atoms with van der Waals surface area (Å²) in [6.45, 7) is 6.99. The fourth-order valence-corrected chi connectivity index (χ4v) is 4.73. The van der Waals surface area contributed by atoms with Crippen LogP contribution in [-0.2, 0) is 11.3 Å². The Morgan fingerprint density at radius 1 is 1.32 bits per heavy atom. The Kier molecular flexibility index (Phi) is 5.03. The molecular weight excluding hydrogens is 374 g/mol. The van der Waals surface area contributed by atoms with Crippen LogP contribution in [-0.4, -0.2) is 28.2 Å². The molecule has 146 valence electrons. The van der Waals surface area contributed by atoms with Gasteiger partial charge < -0.3 is 10.1 Å². The van der Waals surface area contributed by atoms with Crippen molar-refractivity contribution in [3.63, 3.8) is 0 Å². The number of aryl methyl sites for hydroxylation is 3. The molecule has 1 fully saturated rings. The van der Waals surface area contributed by atoms with E-state index < -0.39 is 0 Å². The highest BCUT2D eigenvalue weighted by molar-refractivity contribution is 7.20. The Balaban J connectivity index is 1.68. The normalized spacial score (nSPS) is 16.6. The van der Waals surface area contributed by atoms with Crippen molar-refractivity contribution in [2.24, 2.45) is 0 Å². The average Bonchev–Trinajstić information content (AvgIpc) is 3.29. The average molecular weight is 398 g/mol. The second kappa shape index (κ2) is 7.48. The van der Waals surface area contributed by atoms with Gasteiger partial charge in [0.15, 0.2) is 0 Å². The smallest absolute Gasteiger partial charge is 0.266 e. The second-order valence-electron chi connectivity index (χ2n) is 7.29. The maximum atomic E-state index is 13.0. The molecule has 1 aromatic carbocycles. The van der Waals surface area contributed by atoms with E-state index in [4.69, 9.17) is 4.74 Å². The molecule has 1 N–H and O–H groups in total. The predicted molar refractivity (Wildman–Crippen MR) is 111 cm³/mol. The van der Waals surface area contributed by atoms with Gasteiger partial charge in [0, 0.05) is 12.3 Å². The van der Waals surface area contributed by atoms with Gasteiger partial charge in [0.05, 0.1) is 29.2 Å². The van der Waals surface area contributed by atoms with Crippen LogP contribution in [0.3, 0.4) is 0 Å². The van der Waals surface area contributed by atoms with Crippen LogP contribution in [0.2, 0.25) is 0 Å². The Labute approximate surface area is 167 Å². The van der Waals surface area contributed by atoms with E-state index >= 15 is 0 Å². The van der Waals surface area contributed by atoms with E-state index in [-0.39, 0.29) is 17.6 Å². The van der Waals surface area contributed by atoms with Gasteiger partial charge in [-0.15, -0.1) is 11.3 Å². The van der Waals surface area contributed by atoms with E-state index in [9.17, 15) is 9.59 Å². The van der Waals surface area contributed by atoms with Gasteiger partial charge in [-0.1, -0.05) is 18.2 Å². The Morgan fingerprint density at radius 2 is 2.07 bits per heavy atom. The highest BCUT2D eigenvalue weighted by Gasteiger charge is 2.22. The summed E-state index contributed by atoms with van der Waals surface area (Å²) >= 11 is 1.26. The molecule has 0 aliphatic carbocycles. The number of hydrogen-bond acceptors (Lipinski definition) is 5. The molecule has 6 nitrogen and oxygen atoms in total. The maximum Gasteiger partial charge on any atom is 0.266 e. The monoisotopic (exact) mass is 397 g/mol. The van der Waals surface area contributed by atoms with Gasteiger partial charge >= 0.3 is 0 Å². The minimum absolute atomic E-state index is 0.0580. The third-order valence-electron chi connectivity index (χ3n) is 5.27. The van der Waals surface area contributed by atoms with Gasteiger partial charge in [-0.05, 0) is 50.3 Å². The first-order chi connectivity index (χ1) is 13.5. The van der Waals surface area contributed by atoms with Crippen molar-refractivity contribution in [3.05, 3.63) is 56.4 Å². The van der Waals surface area contributed by atoms with Gasteiger partial charge in [0.2, 0.25) is 0 Å². The fraction of sp³-hybridized carbons (Fsp3) is 0.381. The lowest BCUT2D eigenvalue weighted by atomic mass is 10.1. The lowest BCUT2D eigenvalue weighted by Crippen LogP contribution is -2.26. The Hall–Kier alpha value is -2.51. The summed E-state index contributed by atoms with van der Waals surface area (Å²) in [6.07, 6.45) is 3.60. The molecule has 0 saturated carbocycles. The predicted octanol–water partition coefficient (Wildman–Crippen LogP) is 3.81. The van der Waals surface area contributed by atoms with Gasteiger partial charge in [0.25, 0.3) is 11.5 Å². The first kappa shape index (κ1) is 18.8. The van der Waals surface area contributed by atoms with Crippen molar-refractivity contribution < 1.29 is 9.53 Å². The van der Waals surface area contributed by atoms with E-state index in [1.807, 2.05) is 39.0 Å². The number of para-hydroxylation sites is 1. The topological polar surface area (TPSA) is 73.2 Å². The lowest BCUT2D eigenvalue weighted by Gasteiger charge is -2.11. The number of thiophene rings is 1. The number of amides is 1. The number of nitrogens with one attached hydrogen (secondary N) is 1. The minimum atomic E-state index is -0.206. The fourth-order valence-electron chi connectivity index (χ4n) is 3.70. The van der Waals surface area contributed by atoms with Crippen molar-refractivity contribution in [2.45, 2.75) is 46.3 Å². The quantitative estimate of drug-likeness (QED) is 0.726. The molecule has 2 aromatic heterocycles. The SMILES string of the molecule is Cc1cccc(C)c1NC(=O)c1sc2ncn(C[C@@H]3CCCO3)c(=O)c2c1C. The van der Waals surface area contributed by atoms with E-state index in [0.29, 0.717) is 27.2 Å². The zero-order chi connectivity index (χ0) is 19.8. The number of aromatic nitrogens is 2. The van der Waals surface area contributed by atoms with Crippen LogP contribution in [0, 0.1) is 20.8 Å². The molecule has 1 atom stereocenters. The van der Waals surface area contributed by atoms with Crippen molar-refractivity contribution in [1.29, 1.82) is 0 Å². The summed E-state index contributed by atoms with van der Waals surface area (Å²) in [4.78, 5) is 31.5. The molecule has 0 radical (unpaired) electrons. The van der Waals surface area contributed by atoms with Crippen LogP contribution in [0.25, 0.3) is 10.2 Å². The van der Waals surface area contributed by atoms with Crippen LogP contribution < -0.4 is 10.9 Å². The molecule has 1 saturated heterocycles. The van der Waals surface area contributed by atoms with E-state index in [0.717, 1.165) is 36.3 Å². The van der Waals surface area contributed by atoms with Crippen LogP contribution in [0.4, 0.5) is 5.69 Å². The highest BCUT2D eigenvalue weighted by Crippen LogP contribution is 2.29. The first-order valence-electron chi connectivity index (χ1n) is 9.43. The van der Waals surface area contributed by atoms with Crippen molar-refractivity contribution in [2.75, 3.05) is 11.9 Å². The van der Waals surface area contributed by atoms with E-state index in [1.165, 1.54) is 11.3 Å². The Morgan fingerprint density at radius 3 is 2.75 bits per heavy atom. The number of anilines is 1. The molecule has 1 amide bonds. The minimum Gasteiger partial charge on any atom is -0.376 e. The number of carbonyl (C=O) groups excluding carboxylic acids is 1. The molecule has 0 bridgehead atoms. The zero-order valence-electron chi connectivity index (χ0n) is 16.2. The summed E-state index contributed by atoms with van der Waals surface area (Å²) in [5.74, 6) is -0.206. The number of ether oxygens (including phenoxy) is 1. The van der Waals surface area contributed by atoms with Crippen molar-refractivity contribution in [1.82, 2.24) is 9.55 Å². The molecule has 1 aliphatic heterocycles. The van der Waals surface area contributed by atoms with Crippen LogP contribution in [0.5, 0.6) is 0 Å². The van der Waals surface area contributed by atoms with Crippen LogP contribution >= 0.6 is 11.3 Å². The van der Waals surface area contributed by atoms with E-state index in [1.54, 1.807) is 10.9 Å². The third kappa shape index (κ3) is 3.36. The van der Waals surface area contributed by atoms with Gasteiger partial charge in [0.1, 0.15) is 4.83 Å². The number of rotatable bonds is 4. The summed E-state index contributed by atoms with van der Waals surface area (Å²) < 4.78 is 7.24. The number of carbonyl (C=O) groups is 1.